The lowest BCUT2D eigenvalue weighted by molar-refractivity contribution is 0.134. The summed E-state index contributed by atoms with van der Waals surface area (Å²) in [5, 5.41) is 0. The molecule has 1 aliphatic rings. The zero-order valence-corrected chi connectivity index (χ0v) is 17.1. The molecule has 0 saturated carbocycles. The van der Waals surface area contributed by atoms with E-state index in [1.165, 1.54) is 50.4 Å². The van der Waals surface area contributed by atoms with Crippen molar-refractivity contribution in [2.75, 3.05) is 39.3 Å². The van der Waals surface area contributed by atoms with Crippen LogP contribution in [0.2, 0.25) is 0 Å². The first kappa shape index (κ1) is 18.1. The number of piperazine rings is 1. The smallest absolute Gasteiger partial charge is 0.0175 e. The third-order valence-electron chi connectivity index (χ3n) is 4.72. The van der Waals surface area contributed by atoms with Crippen LogP contribution in [0.5, 0.6) is 0 Å². The molecule has 4 heteroatoms. The van der Waals surface area contributed by atoms with Crippen LogP contribution in [-0.2, 0) is 12.8 Å². The van der Waals surface area contributed by atoms with Gasteiger partial charge in [0.05, 0.1) is 0 Å². The van der Waals surface area contributed by atoms with Gasteiger partial charge in [0.25, 0.3) is 0 Å². The van der Waals surface area contributed by atoms with Gasteiger partial charge in [-0.2, -0.15) is 0 Å². The van der Waals surface area contributed by atoms with Crippen LogP contribution in [0.4, 0.5) is 0 Å². The molecule has 0 aliphatic carbocycles. The molecule has 2 nitrogen and oxygen atoms in total. The number of nitrogens with zero attached hydrogens (tertiary/aromatic N) is 2. The van der Waals surface area contributed by atoms with Gasteiger partial charge in [0.1, 0.15) is 0 Å². The SMILES string of the molecule is Brc1ccc(CCN2CCN(CCc3ccc(Br)cc3)CC2)cc1. The maximum Gasteiger partial charge on any atom is 0.0175 e. The number of benzene rings is 2. The van der Waals surface area contributed by atoms with Crippen LogP contribution in [0.25, 0.3) is 0 Å². The average molecular weight is 452 g/mol. The molecule has 0 aromatic heterocycles. The molecule has 24 heavy (non-hydrogen) atoms. The van der Waals surface area contributed by atoms with Gasteiger partial charge in [0.2, 0.25) is 0 Å². The van der Waals surface area contributed by atoms with Gasteiger partial charge in [-0.25, -0.2) is 0 Å². The van der Waals surface area contributed by atoms with Crippen LogP contribution in [-0.4, -0.2) is 49.1 Å². The second kappa shape index (κ2) is 9.14. The Morgan fingerprint density at radius 2 is 0.917 bits per heavy atom. The molecule has 0 spiro atoms. The Balaban J connectivity index is 1.36. The standard InChI is InChI=1S/C20H24Br2N2/c21-19-5-1-17(2-6-19)9-11-23-13-15-24(16-14-23)12-10-18-3-7-20(22)8-4-18/h1-8H,9-16H2. The van der Waals surface area contributed by atoms with E-state index in [1.54, 1.807) is 0 Å². The van der Waals surface area contributed by atoms with Crippen molar-refractivity contribution in [1.29, 1.82) is 0 Å². The third-order valence-corrected chi connectivity index (χ3v) is 5.78. The molecule has 3 rings (SSSR count). The first-order valence-corrected chi connectivity index (χ1v) is 10.2. The third kappa shape index (κ3) is 5.69. The van der Waals surface area contributed by atoms with Gasteiger partial charge in [-0.1, -0.05) is 56.1 Å². The van der Waals surface area contributed by atoms with Crippen molar-refractivity contribution in [1.82, 2.24) is 9.80 Å². The van der Waals surface area contributed by atoms with Crippen LogP contribution in [0, 0.1) is 0 Å². The molecular weight excluding hydrogens is 428 g/mol. The summed E-state index contributed by atoms with van der Waals surface area (Å²) in [7, 11) is 0. The van der Waals surface area contributed by atoms with Gasteiger partial charge in [-0.05, 0) is 48.2 Å². The van der Waals surface area contributed by atoms with Crippen molar-refractivity contribution >= 4 is 31.9 Å². The van der Waals surface area contributed by atoms with Crippen molar-refractivity contribution in [3.63, 3.8) is 0 Å². The molecule has 1 saturated heterocycles. The highest BCUT2D eigenvalue weighted by Gasteiger charge is 2.16. The number of hydrogen-bond donors (Lipinski definition) is 0. The Hall–Kier alpha value is -0.680. The summed E-state index contributed by atoms with van der Waals surface area (Å²) in [5.41, 5.74) is 2.85. The van der Waals surface area contributed by atoms with E-state index >= 15 is 0 Å². The van der Waals surface area contributed by atoms with Crippen molar-refractivity contribution in [3.05, 3.63) is 68.6 Å². The van der Waals surface area contributed by atoms with E-state index in [0.717, 1.165) is 21.8 Å². The fourth-order valence-electron chi connectivity index (χ4n) is 3.11. The Morgan fingerprint density at radius 1 is 0.583 bits per heavy atom. The van der Waals surface area contributed by atoms with Crippen LogP contribution >= 0.6 is 31.9 Å². The summed E-state index contributed by atoms with van der Waals surface area (Å²) < 4.78 is 2.32. The predicted molar refractivity (Wildman–Crippen MR) is 109 cm³/mol. The zero-order valence-electron chi connectivity index (χ0n) is 13.9. The molecule has 0 radical (unpaired) electrons. The fourth-order valence-corrected chi connectivity index (χ4v) is 3.64. The Labute approximate surface area is 162 Å². The van der Waals surface area contributed by atoms with E-state index in [2.05, 4.69) is 90.2 Å². The van der Waals surface area contributed by atoms with Gasteiger partial charge in [0, 0.05) is 48.2 Å². The molecule has 128 valence electrons. The monoisotopic (exact) mass is 450 g/mol. The fraction of sp³-hybridized carbons (Fsp3) is 0.400. The van der Waals surface area contributed by atoms with Crippen LogP contribution < -0.4 is 0 Å². The first-order valence-electron chi connectivity index (χ1n) is 8.63. The Bertz CT molecular complexity index is 560. The second-order valence-corrected chi connectivity index (χ2v) is 8.27. The van der Waals surface area contributed by atoms with Crippen LogP contribution in [0.1, 0.15) is 11.1 Å². The summed E-state index contributed by atoms with van der Waals surface area (Å²) in [6.45, 7) is 7.10. The van der Waals surface area contributed by atoms with Gasteiger partial charge in [0.15, 0.2) is 0 Å². The summed E-state index contributed by atoms with van der Waals surface area (Å²) >= 11 is 6.99. The highest BCUT2D eigenvalue weighted by molar-refractivity contribution is 9.10. The van der Waals surface area contributed by atoms with E-state index in [-0.39, 0.29) is 0 Å². The predicted octanol–water partition coefficient (Wildman–Crippen LogP) is 4.61. The van der Waals surface area contributed by atoms with Crippen molar-refractivity contribution in [3.8, 4) is 0 Å². The molecule has 0 unspecified atom stereocenters. The zero-order chi connectivity index (χ0) is 16.8. The van der Waals surface area contributed by atoms with Gasteiger partial charge in [-0.15, -0.1) is 0 Å². The molecule has 0 atom stereocenters. The molecule has 2 aromatic rings. The lowest BCUT2D eigenvalue weighted by Crippen LogP contribution is -2.47. The normalized spacial score (nSPS) is 16.4. The van der Waals surface area contributed by atoms with E-state index in [1.807, 2.05) is 0 Å². The van der Waals surface area contributed by atoms with Gasteiger partial charge >= 0.3 is 0 Å². The Morgan fingerprint density at radius 3 is 1.25 bits per heavy atom. The molecule has 1 fully saturated rings. The summed E-state index contributed by atoms with van der Waals surface area (Å²) in [6.07, 6.45) is 2.29. The number of halogens is 2. The number of hydrogen-bond acceptors (Lipinski definition) is 2. The molecular formula is C20H24Br2N2. The molecule has 0 bridgehead atoms. The highest BCUT2D eigenvalue weighted by atomic mass is 79.9. The van der Waals surface area contributed by atoms with Crippen molar-refractivity contribution in [2.24, 2.45) is 0 Å². The van der Waals surface area contributed by atoms with Crippen molar-refractivity contribution < 1.29 is 0 Å². The molecule has 1 aliphatic heterocycles. The van der Waals surface area contributed by atoms with Crippen LogP contribution in [0.3, 0.4) is 0 Å². The average Bonchev–Trinajstić information content (AvgIpc) is 2.62. The maximum absolute atomic E-state index is 3.50. The minimum absolute atomic E-state index is 1.15. The first-order chi connectivity index (χ1) is 11.7. The number of rotatable bonds is 6. The van der Waals surface area contributed by atoms with E-state index < -0.39 is 0 Å². The summed E-state index contributed by atoms with van der Waals surface area (Å²) in [5.74, 6) is 0. The minimum atomic E-state index is 1.15. The second-order valence-electron chi connectivity index (χ2n) is 6.44. The lowest BCUT2D eigenvalue weighted by Gasteiger charge is -2.34. The maximum atomic E-state index is 3.50. The summed E-state index contributed by atoms with van der Waals surface area (Å²) in [6, 6.07) is 17.4. The van der Waals surface area contributed by atoms with E-state index in [4.69, 9.17) is 0 Å². The largest absolute Gasteiger partial charge is 0.300 e. The quantitative estimate of drug-likeness (QED) is 0.632. The topological polar surface area (TPSA) is 6.48 Å². The molecule has 0 N–H and O–H groups in total. The molecule has 0 amide bonds. The Kier molecular flexibility index (Phi) is 6.90. The minimum Gasteiger partial charge on any atom is -0.300 e. The molecule has 2 aromatic carbocycles. The van der Waals surface area contributed by atoms with Crippen molar-refractivity contribution in [2.45, 2.75) is 12.8 Å². The lowest BCUT2D eigenvalue weighted by atomic mass is 10.1. The van der Waals surface area contributed by atoms with Gasteiger partial charge in [-0.3, -0.25) is 0 Å². The molecule has 1 heterocycles. The van der Waals surface area contributed by atoms with Crippen LogP contribution in [0.15, 0.2) is 57.5 Å². The van der Waals surface area contributed by atoms with Gasteiger partial charge < -0.3 is 9.80 Å². The van der Waals surface area contributed by atoms with E-state index in [0.29, 0.717) is 0 Å². The summed E-state index contributed by atoms with van der Waals surface area (Å²) in [4.78, 5) is 5.19. The van der Waals surface area contributed by atoms with E-state index in [9.17, 15) is 0 Å². The highest BCUT2D eigenvalue weighted by Crippen LogP contribution is 2.13.